The first kappa shape index (κ1) is 13.2. The zero-order valence-corrected chi connectivity index (χ0v) is 9.71. The molecule has 14 heavy (non-hydrogen) atoms. The van der Waals surface area contributed by atoms with Gasteiger partial charge in [0.15, 0.2) is 0 Å². The smallest absolute Gasteiger partial charge is 0.239 e. The molecule has 0 aliphatic rings. The van der Waals surface area contributed by atoms with Gasteiger partial charge in [-0.3, -0.25) is 4.79 Å². The van der Waals surface area contributed by atoms with Crippen molar-refractivity contribution in [3.05, 3.63) is 12.7 Å². The Labute approximate surface area is 87.2 Å². The van der Waals surface area contributed by atoms with Crippen LogP contribution >= 0.6 is 0 Å². The Morgan fingerprint density at radius 2 is 1.93 bits per heavy atom. The number of hydrogen-bond donors (Lipinski definition) is 1. The van der Waals surface area contributed by atoms with E-state index < -0.39 is 0 Å². The van der Waals surface area contributed by atoms with Crippen molar-refractivity contribution in [2.45, 2.75) is 39.8 Å². The molecule has 0 aliphatic carbocycles. The maximum Gasteiger partial charge on any atom is 0.239 e. The molecule has 0 spiro atoms. The third-order valence-corrected chi connectivity index (χ3v) is 2.31. The molecule has 0 fully saturated rings. The van der Waals surface area contributed by atoms with Crippen molar-refractivity contribution in [1.82, 2.24) is 10.2 Å². The lowest BCUT2D eigenvalue weighted by molar-refractivity contribution is -0.132. The predicted octanol–water partition coefficient (Wildman–Crippen LogP) is 1.41. The monoisotopic (exact) mass is 198 g/mol. The number of amides is 1. The van der Waals surface area contributed by atoms with Gasteiger partial charge in [0.25, 0.3) is 0 Å². The Morgan fingerprint density at radius 3 is 2.29 bits per heavy atom. The van der Waals surface area contributed by atoms with Crippen LogP contribution in [0.1, 0.15) is 27.7 Å². The lowest BCUT2D eigenvalue weighted by Crippen LogP contribution is -2.47. The highest BCUT2D eigenvalue weighted by Gasteiger charge is 2.18. The van der Waals surface area contributed by atoms with Gasteiger partial charge in [-0.15, -0.1) is 6.58 Å². The van der Waals surface area contributed by atoms with Crippen molar-refractivity contribution in [3.8, 4) is 0 Å². The third-order valence-electron chi connectivity index (χ3n) is 2.31. The van der Waals surface area contributed by atoms with E-state index in [1.54, 1.807) is 6.08 Å². The fraction of sp³-hybridized carbons (Fsp3) is 0.727. The first-order chi connectivity index (χ1) is 6.56. The molecule has 0 aromatic heterocycles. The number of hydrogen-bond acceptors (Lipinski definition) is 2. The van der Waals surface area contributed by atoms with Gasteiger partial charge < -0.3 is 10.2 Å². The van der Waals surface area contributed by atoms with Gasteiger partial charge in [-0.05, 0) is 27.7 Å². The summed E-state index contributed by atoms with van der Waals surface area (Å²) in [6.07, 6.45) is 1.80. The van der Waals surface area contributed by atoms with Crippen LogP contribution in [0.4, 0.5) is 0 Å². The van der Waals surface area contributed by atoms with E-state index >= 15 is 0 Å². The Hall–Kier alpha value is -0.830. The minimum atomic E-state index is -0.136. The molecule has 0 aromatic rings. The molecule has 82 valence electrons. The minimum Gasteiger partial charge on any atom is -0.342 e. The molecule has 1 amide bonds. The summed E-state index contributed by atoms with van der Waals surface area (Å²) in [6.45, 7) is 13.1. The molecule has 3 heteroatoms. The summed E-state index contributed by atoms with van der Waals surface area (Å²) >= 11 is 0. The lowest BCUT2D eigenvalue weighted by Gasteiger charge is -2.24. The number of likely N-dealkylation sites (N-methyl/N-ethyl adjacent to an activating group) is 1. The number of rotatable bonds is 6. The first-order valence-corrected chi connectivity index (χ1v) is 5.24. The zero-order chi connectivity index (χ0) is 11.1. The van der Waals surface area contributed by atoms with Crippen molar-refractivity contribution in [1.29, 1.82) is 0 Å². The van der Waals surface area contributed by atoms with Gasteiger partial charge in [0, 0.05) is 19.1 Å². The third kappa shape index (κ3) is 3.92. The van der Waals surface area contributed by atoms with Crippen LogP contribution in [-0.4, -0.2) is 36.0 Å². The van der Waals surface area contributed by atoms with Gasteiger partial charge >= 0.3 is 0 Å². The van der Waals surface area contributed by atoms with E-state index in [1.165, 1.54) is 0 Å². The van der Waals surface area contributed by atoms with E-state index in [-0.39, 0.29) is 18.0 Å². The zero-order valence-electron chi connectivity index (χ0n) is 9.71. The SMILES string of the molecule is C=CC(C)NC(C)C(=O)N(CC)CC. The molecule has 0 radical (unpaired) electrons. The Bertz CT molecular complexity index is 188. The molecule has 0 saturated heterocycles. The van der Waals surface area contributed by atoms with E-state index in [4.69, 9.17) is 0 Å². The summed E-state index contributed by atoms with van der Waals surface area (Å²) in [4.78, 5) is 13.6. The average Bonchev–Trinajstić information content (AvgIpc) is 2.19. The van der Waals surface area contributed by atoms with Gasteiger partial charge in [0.1, 0.15) is 0 Å². The van der Waals surface area contributed by atoms with Crippen LogP contribution in [0.15, 0.2) is 12.7 Å². The molecule has 0 heterocycles. The number of carbonyl (C=O) groups excluding carboxylic acids is 1. The molecule has 2 unspecified atom stereocenters. The summed E-state index contributed by atoms with van der Waals surface area (Å²) in [5.74, 6) is 0.156. The quantitative estimate of drug-likeness (QED) is 0.654. The van der Waals surface area contributed by atoms with Crippen molar-refractivity contribution in [2.24, 2.45) is 0 Å². The van der Waals surface area contributed by atoms with E-state index in [2.05, 4.69) is 11.9 Å². The van der Waals surface area contributed by atoms with E-state index in [1.807, 2.05) is 32.6 Å². The van der Waals surface area contributed by atoms with Crippen LogP contribution in [-0.2, 0) is 4.79 Å². The summed E-state index contributed by atoms with van der Waals surface area (Å²) in [5.41, 5.74) is 0. The largest absolute Gasteiger partial charge is 0.342 e. The van der Waals surface area contributed by atoms with Crippen LogP contribution in [0.25, 0.3) is 0 Å². The molecule has 0 aliphatic heterocycles. The molecule has 0 rings (SSSR count). The maximum absolute atomic E-state index is 11.8. The van der Waals surface area contributed by atoms with E-state index in [0.29, 0.717) is 0 Å². The van der Waals surface area contributed by atoms with Gasteiger partial charge in [-0.25, -0.2) is 0 Å². The van der Waals surface area contributed by atoms with Gasteiger partial charge in [0.05, 0.1) is 6.04 Å². The Kier molecular flexibility index (Phi) is 6.21. The van der Waals surface area contributed by atoms with Crippen molar-refractivity contribution in [2.75, 3.05) is 13.1 Å². The second-order valence-electron chi connectivity index (χ2n) is 3.42. The van der Waals surface area contributed by atoms with Crippen molar-refractivity contribution >= 4 is 5.91 Å². The summed E-state index contributed by atoms with van der Waals surface area (Å²) in [7, 11) is 0. The second-order valence-corrected chi connectivity index (χ2v) is 3.42. The van der Waals surface area contributed by atoms with Crippen LogP contribution < -0.4 is 5.32 Å². The Balaban J connectivity index is 4.16. The van der Waals surface area contributed by atoms with E-state index in [9.17, 15) is 4.79 Å². The number of carbonyl (C=O) groups is 1. The molecule has 0 bridgehead atoms. The highest BCUT2D eigenvalue weighted by atomic mass is 16.2. The molecule has 0 saturated carbocycles. The number of nitrogens with one attached hydrogen (secondary N) is 1. The van der Waals surface area contributed by atoms with Gasteiger partial charge in [0.2, 0.25) is 5.91 Å². The summed E-state index contributed by atoms with van der Waals surface area (Å²) in [5, 5.41) is 3.17. The number of nitrogens with zero attached hydrogens (tertiary/aromatic N) is 1. The normalized spacial score (nSPS) is 14.6. The highest BCUT2D eigenvalue weighted by molar-refractivity contribution is 5.81. The maximum atomic E-state index is 11.8. The van der Waals surface area contributed by atoms with Crippen LogP contribution in [0.3, 0.4) is 0 Å². The Morgan fingerprint density at radius 1 is 1.43 bits per heavy atom. The van der Waals surface area contributed by atoms with Crippen molar-refractivity contribution in [3.63, 3.8) is 0 Å². The molecule has 2 atom stereocenters. The lowest BCUT2D eigenvalue weighted by atomic mass is 10.2. The first-order valence-electron chi connectivity index (χ1n) is 5.24. The van der Waals surface area contributed by atoms with Crippen LogP contribution in [0.5, 0.6) is 0 Å². The van der Waals surface area contributed by atoms with Crippen LogP contribution in [0.2, 0.25) is 0 Å². The second kappa shape index (κ2) is 6.60. The standard InChI is InChI=1S/C11H22N2O/c1-6-9(4)12-10(5)11(14)13(7-2)8-3/h6,9-10,12H,1,7-8H2,2-5H3. The predicted molar refractivity (Wildman–Crippen MR) is 60.2 cm³/mol. The highest BCUT2D eigenvalue weighted by Crippen LogP contribution is 1.96. The summed E-state index contributed by atoms with van der Waals surface area (Å²) in [6, 6.07) is 0.0346. The van der Waals surface area contributed by atoms with Crippen LogP contribution in [0, 0.1) is 0 Å². The van der Waals surface area contributed by atoms with E-state index in [0.717, 1.165) is 13.1 Å². The molecular weight excluding hydrogens is 176 g/mol. The van der Waals surface area contributed by atoms with Gasteiger partial charge in [-0.2, -0.15) is 0 Å². The molecule has 3 nitrogen and oxygen atoms in total. The van der Waals surface area contributed by atoms with Crippen molar-refractivity contribution < 1.29 is 4.79 Å². The van der Waals surface area contributed by atoms with Gasteiger partial charge in [-0.1, -0.05) is 6.08 Å². The summed E-state index contributed by atoms with van der Waals surface area (Å²) < 4.78 is 0. The molecular formula is C11H22N2O. The average molecular weight is 198 g/mol. The fourth-order valence-corrected chi connectivity index (χ4v) is 1.34. The molecule has 0 aromatic carbocycles. The molecule has 1 N–H and O–H groups in total. The minimum absolute atomic E-state index is 0.136. The topological polar surface area (TPSA) is 32.3 Å². The fourth-order valence-electron chi connectivity index (χ4n) is 1.34.